The van der Waals surface area contributed by atoms with Gasteiger partial charge in [-0.15, -0.1) is 0 Å². The molecule has 1 aliphatic heterocycles. The maximum atomic E-state index is 13.2. The summed E-state index contributed by atoms with van der Waals surface area (Å²) >= 11 is 0. The van der Waals surface area contributed by atoms with Crippen molar-refractivity contribution in [3.63, 3.8) is 0 Å². The molecule has 2 amide bonds. The zero-order valence-corrected chi connectivity index (χ0v) is 19.1. The number of carbonyl (C=O) groups is 2. The molecule has 3 N–H and O–H groups in total. The molecule has 0 fully saturated rings. The molecule has 6 nitrogen and oxygen atoms in total. The first-order valence-corrected chi connectivity index (χ1v) is 10.8. The van der Waals surface area contributed by atoms with Gasteiger partial charge in [0.1, 0.15) is 11.3 Å². The summed E-state index contributed by atoms with van der Waals surface area (Å²) in [6, 6.07) is 14.9. The predicted octanol–water partition coefficient (Wildman–Crippen LogP) is 4.69. The summed E-state index contributed by atoms with van der Waals surface area (Å²) in [7, 11) is 0. The molecule has 166 valence electrons. The van der Waals surface area contributed by atoms with Gasteiger partial charge in [-0.1, -0.05) is 58.0 Å². The number of benzene rings is 2. The van der Waals surface area contributed by atoms with Gasteiger partial charge < -0.3 is 15.7 Å². The van der Waals surface area contributed by atoms with Gasteiger partial charge in [-0.3, -0.25) is 9.59 Å². The van der Waals surface area contributed by atoms with E-state index in [1.54, 1.807) is 25.1 Å². The maximum absolute atomic E-state index is 13.2. The Bertz CT molecular complexity index is 1110. The zero-order chi connectivity index (χ0) is 23.6. The van der Waals surface area contributed by atoms with Crippen LogP contribution in [0.15, 0.2) is 53.8 Å². The lowest BCUT2D eigenvalue weighted by atomic mass is 9.90. The van der Waals surface area contributed by atoms with Crippen molar-refractivity contribution in [1.82, 2.24) is 5.32 Å². The molecular weight excluding hydrogens is 402 g/mol. The van der Waals surface area contributed by atoms with Gasteiger partial charge >= 0.3 is 0 Å². The lowest BCUT2D eigenvalue weighted by Crippen LogP contribution is -2.43. The van der Waals surface area contributed by atoms with Crippen molar-refractivity contribution in [1.29, 1.82) is 5.26 Å². The van der Waals surface area contributed by atoms with Crippen LogP contribution in [0, 0.1) is 11.3 Å². The predicted molar refractivity (Wildman–Crippen MR) is 124 cm³/mol. The lowest BCUT2D eigenvalue weighted by molar-refractivity contribution is -0.121. The minimum Gasteiger partial charge on any atom is -0.509 e. The van der Waals surface area contributed by atoms with E-state index in [1.807, 2.05) is 52.0 Å². The first kappa shape index (κ1) is 23.1. The summed E-state index contributed by atoms with van der Waals surface area (Å²) in [5, 5.41) is 25.7. The lowest BCUT2D eigenvalue weighted by Gasteiger charge is -2.24. The number of carbonyl (C=O) groups excluding carboxylic acids is 2. The summed E-state index contributed by atoms with van der Waals surface area (Å²) < 4.78 is 0. The van der Waals surface area contributed by atoms with Crippen LogP contribution in [0.4, 0.5) is 5.69 Å². The Balaban J connectivity index is 1.96. The molecule has 1 aliphatic rings. The number of nitriles is 1. The Morgan fingerprint density at radius 2 is 1.72 bits per heavy atom. The third kappa shape index (κ3) is 4.38. The van der Waals surface area contributed by atoms with Crippen LogP contribution >= 0.6 is 0 Å². The standard InChI is InChI=1S/C26H29N3O3/c1-15(2)19-10-7-11-20(16(3)4)22(19)28-24(31)21-23(30)26(5,29-25(21)32)13-17-8-6-9-18(12-17)14-27/h6-12,15-16,30H,13H2,1-5H3,(H,28,31)(H,29,32). The highest BCUT2D eigenvalue weighted by atomic mass is 16.3. The number of nitrogens with zero attached hydrogens (tertiary/aromatic N) is 1. The number of hydrogen-bond acceptors (Lipinski definition) is 4. The molecule has 0 saturated heterocycles. The summed E-state index contributed by atoms with van der Waals surface area (Å²) in [4.78, 5) is 25.9. The van der Waals surface area contributed by atoms with E-state index in [1.165, 1.54) is 0 Å². The Hall–Kier alpha value is -3.59. The minimum atomic E-state index is -1.14. The van der Waals surface area contributed by atoms with Crippen LogP contribution in [-0.2, 0) is 16.0 Å². The fraction of sp³-hybridized carbons (Fsp3) is 0.346. The molecule has 2 aromatic carbocycles. The van der Waals surface area contributed by atoms with E-state index in [2.05, 4.69) is 16.7 Å². The summed E-state index contributed by atoms with van der Waals surface area (Å²) in [5.41, 5.74) is 2.47. The quantitative estimate of drug-likeness (QED) is 0.578. The maximum Gasteiger partial charge on any atom is 0.264 e. The van der Waals surface area contributed by atoms with Crippen molar-refractivity contribution in [3.8, 4) is 6.07 Å². The van der Waals surface area contributed by atoms with Crippen LogP contribution in [-0.4, -0.2) is 22.5 Å². The van der Waals surface area contributed by atoms with E-state index in [0.717, 1.165) is 16.7 Å². The monoisotopic (exact) mass is 431 g/mol. The van der Waals surface area contributed by atoms with Crippen molar-refractivity contribution in [2.75, 3.05) is 5.32 Å². The van der Waals surface area contributed by atoms with Gasteiger partial charge in [-0.05, 0) is 47.6 Å². The van der Waals surface area contributed by atoms with E-state index in [4.69, 9.17) is 5.26 Å². The molecule has 1 heterocycles. The van der Waals surface area contributed by atoms with Crippen LogP contribution in [0.2, 0.25) is 0 Å². The molecule has 6 heteroatoms. The number of aliphatic hydroxyl groups is 1. The molecule has 0 spiro atoms. The molecule has 3 rings (SSSR count). The average Bonchev–Trinajstić information content (AvgIpc) is 2.95. The summed E-state index contributed by atoms with van der Waals surface area (Å²) in [6.07, 6.45) is 0.247. The first-order valence-electron chi connectivity index (χ1n) is 10.8. The van der Waals surface area contributed by atoms with Crippen LogP contribution < -0.4 is 10.6 Å². The van der Waals surface area contributed by atoms with Crippen molar-refractivity contribution < 1.29 is 14.7 Å². The average molecular weight is 432 g/mol. The van der Waals surface area contributed by atoms with Crippen LogP contribution in [0.25, 0.3) is 0 Å². The highest BCUT2D eigenvalue weighted by molar-refractivity contribution is 6.25. The van der Waals surface area contributed by atoms with E-state index >= 15 is 0 Å². The molecule has 1 unspecified atom stereocenters. The second-order valence-corrected chi connectivity index (χ2v) is 9.07. The third-order valence-electron chi connectivity index (χ3n) is 5.83. The molecule has 32 heavy (non-hydrogen) atoms. The molecule has 0 radical (unpaired) electrons. The van der Waals surface area contributed by atoms with Gasteiger partial charge in [0, 0.05) is 12.1 Å². The number of para-hydroxylation sites is 1. The number of rotatable bonds is 6. The normalized spacial score (nSPS) is 18.1. The van der Waals surface area contributed by atoms with Crippen LogP contribution in [0.3, 0.4) is 0 Å². The van der Waals surface area contributed by atoms with Crippen LogP contribution in [0.5, 0.6) is 0 Å². The zero-order valence-electron chi connectivity index (χ0n) is 19.1. The number of amides is 2. The minimum absolute atomic E-state index is 0.168. The van der Waals surface area contributed by atoms with Gasteiger partial charge in [0.25, 0.3) is 11.8 Å². The Morgan fingerprint density at radius 3 is 2.28 bits per heavy atom. The summed E-state index contributed by atoms with van der Waals surface area (Å²) in [6.45, 7) is 9.84. The van der Waals surface area contributed by atoms with Gasteiger partial charge in [0.05, 0.1) is 17.2 Å². The van der Waals surface area contributed by atoms with E-state index in [0.29, 0.717) is 11.3 Å². The SMILES string of the molecule is CC(C)c1cccc(C(C)C)c1NC(=O)C1=C(O)C(C)(Cc2cccc(C#N)c2)NC1=O. The van der Waals surface area contributed by atoms with Crippen molar-refractivity contribution in [2.45, 2.75) is 58.4 Å². The molecule has 0 aliphatic carbocycles. The topological polar surface area (TPSA) is 102 Å². The molecule has 0 aromatic heterocycles. The number of nitrogens with one attached hydrogen (secondary N) is 2. The molecule has 2 aromatic rings. The highest BCUT2D eigenvalue weighted by Gasteiger charge is 2.44. The summed E-state index contributed by atoms with van der Waals surface area (Å²) in [5.74, 6) is -1.21. The Kier molecular flexibility index (Phi) is 6.40. The van der Waals surface area contributed by atoms with E-state index < -0.39 is 17.4 Å². The molecule has 1 atom stereocenters. The number of anilines is 1. The Labute approximate surface area is 189 Å². The van der Waals surface area contributed by atoms with Gasteiger partial charge in [0.2, 0.25) is 0 Å². The van der Waals surface area contributed by atoms with Gasteiger partial charge in [-0.25, -0.2) is 0 Å². The van der Waals surface area contributed by atoms with Crippen LogP contribution in [0.1, 0.15) is 68.7 Å². The molecule has 0 saturated carbocycles. The second kappa shape index (κ2) is 8.88. The van der Waals surface area contributed by atoms with Crippen molar-refractivity contribution >= 4 is 17.5 Å². The van der Waals surface area contributed by atoms with E-state index in [-0.39, 0.29) is 29.6 Å². The first-order chi connectivity index (χ1) is 15.1. The van der Waals surface area contributed by atoms with Crippen molar-refractivity contribution in [3.05, 3.63) is 76.1 Å². The largest absolute Gasteiger partial charge is 0.509 e. The second-order valence-electron chi connectivity index (χ2n) is 9.07. The van der Waals surface area contributed by atoms with Gasteiger partial charge in [0.15, 0.2) is 0 Å². The molecular formula is C26H29N3O3. The highest BCUT2D eigenvalue weighted by Crippen LogP contribution is 2.34. The molecule has 0 bridgehead atoms. The third-order valence-corrected chi connectivity index (χ3v) is 5.83. The van der Waals surface area contributed by atoms with Gasteiger partial charge in [-0.2, -0.15) is 5.26 Å². The number of hydrogen-bond donors (Lipinski definition) is 3. The fourth-order valence-corrected chi connectivity index (χ4v) is 4.12. The Morgan fingerprint density at radius 1 is 1.12 bits per heavy atom. The smallest absolute Gasteiger partial charge is 0.264 e. The fourth-order valence-electron chi connectivity index (χ4n) is 4.12. The van der Waals surface area contributed by atoms with Crippen molar-refractivity contribution in [2.24, 2.45) is 0 Å². The number of aliphatic hydroxyl groups excluding tert-OH is 1. The van der Waals surface area contributed by atoms with E-state index in [9.17, 15) is 14.7 Å².